The Kier molecular flexibility index (Phi) is 18.5. The number of rotatable bonds is 2. The lowest BCUT2D eigenvalue weighted by Gasteiger charge is -2.34. The molecule has 2 saturated heterocycles. The minimum atomic E-state index is 0.507. The number of hydrogen-bond donors (Lipinski definition) is 2. The summed E-state index contributed by atoms with van der Waals surface area (Å²) in [4.78, 5) is 0. The molecule has 4 rings (SSSR count). The van der Waals surface area contributed by atoms with E-state index in [2.05, 4.69) is 93.7 Å². The van der Waals surface area contributed by atoms with E-state index in [0.29, 0.717) is 21.7 Å². The second-order valence-corrected chi connectivity index (χ2v) is 19.4. The summed E-state index contributed by atoms with van der Waals surface area (Å²) in [6.07, 6.45) is 23.2. The summed E-state index contributed by atoms with van der Waals surface area (Å²) in [6, 6.07) is 0. The van der Waals surface area contributed by atoms with Gasteiger partial charge in [0, 0.05) is 0 Å². The highest BCUT2D eigenvalue weighted by atomic mass is 14.9. The van der Waals surface area contributed by atoms with Crippen molar-refractivity contribution in [1.29, 1.82) is 0 Å². The van der Waals surface area contributed by atoms with Crippen LogP contribution in [0.5, 0.6) is 0 Å². The summed E-state index contributed by atoms with van der Waals surface area (Å²) in [5.41, 5.74) is 2.15. The van der Waals surface area contributed by atoms with Crippen LogP contribution < -0.4 is 10.6 Å². The minimum Gasteiger partial charge on any atom is -0.316 e. The average Bonchev–Trinajstić information content (AvgIpc) is 2.89. The van der Waals surface area contributed by atoms with Crippen LogP contribution >= 0.6 is 0 Å². The smallest absolute Gasteiger partial charge is 0.00155 e. The standard InChI is InChI=1S/C11H22.C10H21N.C10H20.C9H19N/c1-11(2,3)9-10-7-5-4-6-8-10;1-10(2,3)7-9-5-4-6-11-8-9;1-10(2,3)9-7-5-4-6-8-9;1-9(2,3)8-5-4-6-10-7-8/h10H,4-9H2,1-3H3;9,11H,4-8H2,1-3H3;9H,4-8H2,1-3H3;8,10H,4-7H2,1-3H3. The van der Waals surface area contributed by atoms with Crippen LogP contribution in [0.3, 0.4) is 0 Å². The number of hydrogen-bond acceptors (Lipinski definition) is 2. The maximum absolute atomic E-state index is 3.46. The van der Waals surface area contributed by atoms with Crippen LogP contribution in [0, 0.1) is 45.3 Å². The maximum atomic E-state index is 3.46. The topological polar surface area (TPSA) is 24.1 Å². The third-order valence-corrected chi connectivity index (χ3v) is 10.3. The third-order valence-electron chi connectivity index (χ3n) is 10.3. The van der Waals surface area contributed by atoms with Gasteiger partial charge < -0.3 is 10.6 Å². The summed E-state index contributed by atoms with van der Waals surface area (Å²) in [5, 5.41) is 6.90. The molecule has 4 aliphatic rings. The first-order valence-corrected chi connectivity index (χ1v) is 18.8. The molecule has 2 atom stereocenters. The molecule has 0 amide bonds. The van der Waals surface area contributed by atoms with Crippen molar-refractivity contribution in [2.24, 2.45) is 45.3 Å². The Morgan fingerprint density at radius 3 is 1.12 bits per heavy atom. The van der Waals surface area contributed by atoms with Crippen LogP contribution in [0.1, 0.15) is 186 Å². The molecule has 2 nitrogen and oxygen atoms in total. The Bertz CT molecular complexity index is 571. The highest BCUT2D eigenvalue weighted by molar-refractivity contribution is 4.79. The van der Waals surface area contributed by atoms with Crippen molar-refractivity contribution in [2.45, 2.75) is 186 Å². The first-order valence-electron chi connectivity index (χ1n) is 18.8. The van der Waals surface area contributed by atoms with Gasteiger partial charge in [0.25, 0.3) is 0 Å². The van der Waals surface area contributed by atoms with Gasteiger partial charge in [0.05, 0.1) is 0 Å². The zero-order valence-electron chi connectivity index (χ0n) is 31.5. The van der Waals surface area contributed by atoms with Gasteiger partial charge in [-0.05, 0) is 123 Å². The summed E-state index contributed by atoms with van der Waals surface area (Å²) >= 11 is 0. The molecule has 2 aliphatic carbocycles. The molecule has 4 fully saturated rings. The molecule has 2 saturated carbocycles. The van der Waals surface area contributed by atoms with Crippen molar-refractivity contribution in [3.63, 3.8) is 0 Å². The maximum Gasteiger partial charge on any atom is -0.00155 e. The van der Waals surface area contributed by atoms with Crippen LogP contribution in [0.15, 0.2) is 0 Å². The van der Waals surface area contributed by atoms with Crippen LogP contribution in [-0.4, -0.2) is 26.2 Å². The van der Waals surface area contributed by atoms with E-state index >= 15 is 0 Å². The molecule has 0 bridgehead atoms. The third kappa shape index (κ3) is 20.8. The Labute approximate surface area is 267 Å². The van der Waals surface area contributed by atoms with Crippen molar-refractivity contribution in [3.8, 4) is 0 Å². The van der Waals surface area contributed by atoms with Gasteiger partial charge in [0.2, 0.25) is 0 Å². The van der Waals surface area contributed by atoms with E-state index in [1.807, 2.05) is 0 Å². The Morgan fingerprint density at radius 2 is 0.786 bits per heavy atom. The Morgan fingerprint density at radius 1 is 0.405 bits per heavy atom. The lowest BCUT2D eigenvalue weighted by Crippen LogP contribution is -2.36. The fraction of sp³-hybridized carbons (Fsp3) is 1.00. The fourth-order valence-corrected chi connectivity index (χ4v) is 7.78. The molecule has 2 unspecified atom stereocenters. The van der Waals surface area contributed by atoms with E-state index in [-0.39, 0.29) is 0 Å². The molecule has 2 aliphatic heterocycles. The summed E-state index contributed by atoms with van der Waals surface area (Å²) < 4.78 is 0. The van der Waals surface area contributed by atoms with Crippen molar-refractivity contribution in [3.05, 3.63) is 0 Å². The molecule has 0 spiro atoms. The Hall–Kier alpha value is -0.0800. The van der Waals surface area contributed by atoms with E-state index < -0.39 is 0 Å². The van der Waals surface area contributed by atoms with Crippen LogP contribution in [0.2, 0.25) is 0 Å². The minimum absolute atomic E-state index is 0.507. The van der Waals surface area contributed by atoms with E-state index in [1.165, 1.54) is 129 Å². The normalized spacial score (nSPS) is 25.1. The van der Waals surface area contributed by atoms with Crippen molar-refractivity contribution < 1.29 is 0 Å². The fourth-order valence-electron chi connectivity index (χ4n) is 7.78. The zero-order chi connectivity index (χ0) is 31.9. The number of nitrogens with one attached hydrogen (secondary N) is 2. The van der Waals surface area contributed by atoms with E-state index in [9.17, 15) is 0 Å². The lowest BCUT2D eigenvalue weighted by atomic mass is 9.72. The van der Waals surface area contributed by atoms with Gasteiger partial charge in [-0.3, -0.25) is 0 Å². The highest BCUT2D eigenvalue weighted by Crippen LogP contribution is 2.37. The van der Waals surface area contributed by atoms with Gasteiger partial charge >= 0.3 is 0 Å². The second-order valence-electron chi connectivity index (χ2n) is 19.4. The van der Waals surface area contributed by atoms with E-state index in [1.54, 1.807) is 0 Å². The molecule has 2 N–H and O–H groups in total. The molecule has 252 valence electrons. The molecule has 0 aromatic heterocycles. The SMILES string of the molecule is CC(C)(C)C1CCCCC1.CC(C)(C)C1CCCNC1.CC(C)(C)CC1CCCCC1.CC(C)(C)CC1CCCNC1. The van der Waals surface area contributed by atoms with Gasteiger partial charge in [-0.25, -0.2) is 0 Å². The van der Waals surface area contributed by atoms with Gasteiger partial charge in [0.15, 0.2) is 0 Å². The number of piperidine rings is 2. The van der Waals surface area contributed by atoms with Gasteiger partial charge in [0.1, 0.15) is 0 Å². The zero-order valence-corrected chi connectivity index (χ0v) is 31.5. The first-order chi connectivity index (χ1) is 19.4. The van der Waals surface area contributed by atoms with Crippen molar-refractivity contribution in [2.75, 3.05) is 26.2 Å². The quantitative estimate of drug-likeness (QED) is 0.334. The Balaban J connectivity index is 0.000000280. The molecule has 0 aromatic rings. The van der Waals surface area contributed by atoms with Gasteiger partial charge in [-0.1, -0.05) is 134 Å². The predicted molar refractivity (Wildman–Crippen MR) is 191 cm³/mol. The van der Waals surface area contributed by atoms with Crippen LogP contribution in [0.25, 0.3) is 0 Å². The summed E-state index contributed by atoms with van der Waals surface area (Å²) in [6.45, 7) is 33.2. The van der Waals surface area contributed by atoms with Gasteiger partial charge in [-0.2, -0.15) is 0 Å². The van der Waals surface area contributed by atoms with Crippen LogP contribution in [0.4, 0.5) is 0 Å². The van der Waals surface area contributed by atoms with E-state index in [0.717, 1.165) is 23.7 Å². The predicted octanol–water partition coefficient (Wildman–Crippen LogP) is 12.1. The molecule has 42 heavy (non-hydrogen) atoms. The van der Waals surface area contributed by atoms with Crippen LogP contribution in [-0.2, 0) is 0 Å². The van der Waals surface area contributed by atoms with E-state index in [4.69, 9.17) is 0 Å². The van der Waals surface area contributed by atoms with Crippen molar-refractivity contribution >= 4 is 0 Å². The first kappa shape index (κ1) is 39.9. The summed E-state index contributed by atoms with van der Waals surface area (Å²) in [7, 11) is 0. The van der Waals surface area contributed by atoms with Crippen molar-refractivity contribution in [1.82, 2.24) is 10.6 Å². The highest BCUT2D eigenvalue weighted by Gasteiger charge is 2.26. The molecular weight excluding hydrogens is 508 g/mol. The monoisotopic (exact) mass is 591 g/mol. The molecular formula is C40H82N2. The lowest BCUT2D eigenvalue weighted by molar-refractivity contribution is 0.180. The second kappa shape index (κ2) is 19.4. The molecule has 0 radical (unpaired) electrons. The molecule has 2 heteroatoms. The largest absolute Gasteiger partial charge is 0.316 e. The summed E-state index contributed by atoms with van der Waals surface area (Å²) in [5.74, 6) is 3.87. The van der Waals surface area contributed by atoms with Gasteiger partial charge in [-0.15, -0.1) is 0 Å². The average molecular weight is 591 g/mol. The molecule has 2 heterocycles. The molecule has 0 aromatic carbocycles.